The van der Waals surface area contributed by atoms with Crippen molar-refractivity contribution in [2.24, 2.45) is 0 Å². The van der Waals surface area contributed by atoms with E-state index in [2.05, 4.69) is 11.6 Å². The molecule has 0 aromatic carbocycles. The van der Waals surface area contributed by atoms with E-state index in [9.17, 15) is 8.42 Å². The van der Waals surface area contributed by atoms with E-state index < -0.39 is 9.84 Å². The Balaban J connectivity index is 2.82. The van der Waals surface area contributed by atoms with Crippen LogP contribution in [0, 0.1) is 0 Å². The predicted molar refractivity (Wildman–Crippen MR) is 53.0 cm³/mol. The molecule has 0 saturated heterocycles. The minimum atomic E-state index is -3.01. The third-order valence-electron chi connectivity index (χ3n) is 1.46. The summed E-state index contributed by atoms with van der Waals surface area (Å²) in [4.78, 5) is 4.00. The van der Waals surface area contributed by atoms with Gasteiger partial charge in [0.15, 0.2) is 9.84 Å². The van der Waals surface area contributed by atoms with E-state index in [0.29, 0.717) is 11.3 Å². The quantitative estimate of drug-likeness (QED) is 0.730. The highest BCUT2D eigenvalue weighted by molar-refractivity contribution is 7.91. The molecule has 0 amide bonds. The molecule has 0 radical (unpaired) electrons. The molecule has 0 saturated carbocycles. The van der Waals surface area contributed by atoms with Crippen LogP contribution in [-0.2, 0) is 9.84 Å². The van der Waals surface area contributed by atoms with Crippen LogP contribution >= 0.6 is 0 Å². The third kappa shape index (κ3) is 3.38. The molecule has 0 fully saturated rings. The molecule has 1 aromatic heterocycles. The lowest BCUT2D eigenvalue weighted by atomic mass is 10.2. The molecule has 4 heteroatoms. The second-order valence-electron chi connectivity index (χ2n) is 2.89. The van der Waals surface area contributed by atoms with E-state index in [1.165, 1.54) is 6.26 Å². The largest absolute Gasteiger partial charge is 0.257 e. The molecule has 0 unspecified atom stereocenters. The summed E-state index contributed by atoms with van der Waals surface area (Å²) < 4.78 is 21.9. The van der Waals surface area contributed by atoms with Crippen molar-refractivity contribution in [2.45, 2.75) is 0 Å². The lowest BCUT2D eigenvalue weighted by molar-refractivity contribution is 0.605. The van der Waals surface area contributed by atoms with Crippen LogP contribution in [0.4, 0.5) is 0 Å². The van der Waals surface area contributed by atoms with E-state index in [4.69, 9.17) is 0 Å². The molecule has 0 bridgehead atoms. The Hall–Kier alpha value is -1.16. The fraction of sp³-hybridized carbons (Fsp3) is 0.222. The van der Waals surface area contributed by atoms with Crippen molar-refractivity contribution < 1.29 is 8.42 Å². The number of aromatic nitrogens is 1. The smallest absolute Gasteiger partial charge is 0.151 e. The molecule has 13 heavy (non-hydrogen) atoms. The minimum Gasteiger partial charge on any atom is -0.257 e. The molecule has 0 aliphatic carbocycles. The maximum Gasteiger partial charge on any atom is 0.151 e. The first-order valence-corrected chi connectivity index (χ1v) is 5.82. The highest BCUT2D eigenvalue weighted by Gasteiger charge is 2.07. The van der Waals surface area contributed by atoms with Crippen molar-refractivity contribution in [3.8, 4) is 0 Å². The van der Waals surface area contributed by atoms with Gasteiger partial charge in [0.1, 0.15) is 0 Å². The SMILES string of the molecule is C=C(CS(C)(=O)=O)c1ccccn1. The monoisotopic (exact) mass is 197 g/mol. The van der Waals surface area contributed by atoms with Gasteiger partial charge in [0, 0.05) is 12.5 Å². The number of nitrogens with zero attached hydrogens (tertiary/aromatic N) is 1. The van der Waals surface area contributed by atoms with Gasteiger partial charge in [-0.25, -0.2) is 8.42 Å². The van der Waals surface area contributed by atoms with Crippen LogP contribution in [0.25, 0.3) is 5.57 Å². The summed E-state index contributed by atoms with van der Waals surface area (Å²) in [5.41, 5.74) is 1.16. The molecule has 0 aliphatic heterocycles. The normalized spacial score (nSPS) is 11.2. The summed E-state index contributed by atoms with van der Waals surface area (Å²) in [5, 5.41) is 0. The predicted octanol–water partition coefficient (Wildman–Crippen LogP) is 1.14. The summed E-state index contributed by atoms with van der Waals surface area (Å²) in [6, 6.07) is 5.32. The van der Waals surface area contributed by atoms with Gasteiger partial charge in [-0.3, -0.25) is 4.98 Å². The van der Waals surface area contributed by atoms with E-state index in [0.717, 1.165) is 0 Å². The summed E-state index contributed by atoms with van der Waals surface area (Å²) in [7, 11) is -3.01. The van der Waals surface area contributed by atoms with Crippen molar-refractivity contribution in [3.63, 3.8) is 0 Å². The van der Waals surface area contributed by atoms with Crippen LogP contribution in [0.1, 0.15) is 5.69 Å². The molecule has 0 atom stereocenters. The first-order valence-electron chi connectivity index (χ1n) is 3.76. The highest BCUT2D eigenvalue weighted by atomic mass is 32.2. The van der Waals surface area contributed by atoms with Gasteiger partial charge in [0.05, 0.1) is 11.4 Å². The van der Waals surface area contributed by atoms with E-state index in [1.54, 1.807) is 24.4 Å². The Morgan fingerprint density at radius 1 is 1.54 bits per heavy atom. The van der Waals surface area contributed by atoms with Gasteiger partial charge in [0.25, 0.3) is 0 Å². The maximum atomic E-state index is 10.9. The number of pyridine rings is 1. The van der Waals surface area contributed by atoms with Gasteiger partial charge in [-0.1, -0.05) is 12.6 Å². The average molecular weight is 197 g/mol. The summed E-state index contributed by atoms with van der Waals surface area (Å²) in [6.07, 6.45) is 2.80. The van der Waals surface area contributed by atoms with Crippen molar-refractivity contribution in [1.29, 1.82) is 0 Å². The van der Waals surface area contributed by atoms with Crippen molar-refractivity contribution in [3.05, 3.63) is 36.7 Å². The van der Waals surface area contributed by atoms with E-state index in [1.807, 2.05) is 0 Å². The Kier molecular flexibility index (Phi) is 2.83. The van der Waals surface area contributed by atoms with Crippen LogP contribution in [0.2, 0.25) is 0 Å². The fourth-order valence-electron chi connectivity index (χ4n) is 0.962. The zero-order valence-corrected chi connectivity index (χ0v) is 8.21. The standard InChI is InChI=1S/C9H11NO2S/c1-8(7-13(2,11)12)9-5-3-4-6-10-9/h3-6H,1,7H2,2H3. The van der Waals surface area contributed by atoms with Gasteiger partial charge in [-0.15, -0.1) is 0 Å². The Morgan fingerprint density at radius 2 is 2.23 bits per heavy atom. The van der Waals surface area contributed by atoms with Crippen LogP contribution in [-0.4, -0.2) is 25.4 Å². The third-order valence-corrected chi connectivity index (χ3v) is 2.34. The number of hydrogen-bond acceptors (Lipinski definition) is 3. The van der Waals surface area contributed by atoms with E-state index >= 15 is 0 Å². The fourth-order valence-corrected chi connectivity index (χ4v) is 1.74. The lowest BCUT2D eigenvalue weighted by Gasteiger charge is -2.01. The average Bonchev–Trinajstić information content (AvgIpc) is 2.03. The first kappa shape index (κ1) is 9.92. The molecule has 70 valence electrons. The van der Waals surface area contributed by atoms with Crippen LogP contribution in [0.5, 0.6) is 0 Å². The number of sulfone groups is 1. The summed E-state index contributed by atoms with van der Waals surface area (Å²) >= 11 is 0. The summed E-state index contributed by atoms with van der Waals surface area (Å²) in [6.45, 7) is 3.67. The molecule has 0 N–H and O–H groups in total. The van der Waals surface area contributed by atoms with Gasteiger partial charge in [0.2, 0.25) is 0 Å². The molecule has 1 rings (SSSR count). The molecule has 1 heterocycles. The van der Waals surface area contributed by atoms with Crippen LogP contribution < -0.4 is 0 Å². The maximum absolute atomic E-state index is 10.9. The Labute approximate surface area is 78.0 Å². The highest BCUT2D eigenvalue weighted by Crippen LogP contribution is 2.09. The van der Waals surface area contributed by atoms with Gasteiger partial charge < -0.3 is 0 Å². The second-order valence-corrected chi connectivity index (χ2v) is 5.03. The Morgan fingerprint density at radius 3 is 2.69 bits per heavy atom. The van der Waals surface area contributed by atoms with Gasteiger partial charge in [-0.2, -0.15) is 0 Å². The Bertz CT molecular complexity index is 395. The zero-order valence-electron chi connectivity index (χ0n) is 7.40. The molecule has 1 aromatic rings. The van der Waals surface area contributed by atoms with Crippen molar-refractivity contribution in [1.82, 2.24) is 4.98 Å². The lowest BCUT2D eigenvalue weighted by Crippen LogP contribution is -2.05. The molecule has 0 aliphatic rings. The van der Waals surface area contributed by atoms with Crippen LogP contribution in [0.15, 0.2) is 31.0 Å². The zero-order chi connectivity index (χ0) is 9.90. The number of rotatable bonds is 3. The van der Waals surface area contributed by atoms with Gasteiger partial charge in [-0.05, 0) is 17.7 Å². The molecule has 3 nitrogen and oxygen atoms in total. The van der Waals surface area contributed by atoms with Crippen molar-refractivity contribution >= 4 is 15.4 Å². The topological polar surface area (TPSA) is 47.0 Å². The molecule has 0 spiro atoms. The summed E-state index contributed by atoms with van der Waals surface area (Å²) in [5.74, 6) is -0.0377. The molecular formula is C9H11NO2S. The molecular weight excluding hydrogens is 186 g/mol. The minimum absolute atomic E-state index is 0.0377. The first-order chi connectivity index (χ1) is 5.99. The van der Waals surface area contributed by atoms with Crippen molar-refractivity contribution in [2.75, 3.05) is 12.0 Å². The van der Waals surface area contributed by atoms with E-state index in [-0.39, 0.29) is 5.75 Å². The van der Waals surface area contributed by atoms with Crippen LogP contribution in [0.3, 0.4) is 0 Å². The second kappa shape index (κ2) is 3.70. The van der Waals surface area contributed by atoms with Gasteiger partial charge >= 0.3 is 0 Å². The number of hydrogen-bond donors (Lipinski definition) is 0.